The van der Waals surface area contributed by atoms with Crippen LogP contribution in [0.3, 0.4) is 0 Å². The Balaban J connectivity index is 5.21. The van der Waals surface area contributed by atoms with Crippen molar-refractivity contribution in [2.75, 3.05) is 39.6 Å². The summed E-state index contributed by atoms with van der Waals surface area (Å²) >= 11 is 0. The van der Waals surface area contributed by atoms with E-state index in [0.29, 0.717) is 25.7 Å². The highest BCUT2D eigenvalue weighted by atomic mass is 31.2. The van der Waals surface area contributed by atoms with Crippen molar-refractivity contribution < 1.29 is 80.2 Å². The molecular weight excluding hydrogens is 1390 g/mol. The quantitative estimate of drug-likeness (QED) is 0.0222. The first-order valence-corrected chi connectivity index (χ1v) is 48.5. The number of aliphatic hydroxyl groups excluding tert-OH is 1. The summed E-state index contributed by atoms with van der Waals surface area (Å²) in [6.07, 6.45) is 72.3. The first-order valence-electron chi connectivity index (χ1n) is 45.5. The number of hydrogen-bond donors (Lipinski definition) is 3. The number of phosphoric acid groups is 2. The molecule has 17 nitrogen and oxygen atoms in total. The molecule has 0 bridgehead atoms. The first-order chi connectivity index (χ1) is 51.9. The van der Waals surface area contributed by atoms with E-state index in [1.54, 1.807) is 0 Å². The monoisotopic (exact) mass is 1560 g/mol. The number of unbranched alkanes of at least 4 members (excludes halogenated alkanes) is 56. The Bertz CT molecular complexity index is 2050. The minimum atomic E-state index is -4.97. The zero-order chi connectivity index (χ0) is 78.5. The summed E-state index contributed by atoms with van der Waals surface area (Å²) in [6.45, 7) is 9.73. The van der Waals surface area contributed by atoms with Gasteiger partial charge in [0, 0.05) is 25.7 Å². The van der Waals surface area contributed by atoms with Crippen LogP contribution in [0, 0.1) is 11.8 Å². The van der Waals surface area contributed by atoms with Crippen molar-refractivity contribution in [1.29, 1.82) is 0 Å². The zero-order valence-electron chi connectivity index (χ0n) is 70.5. The van der Waals surface area contributed by atoms with Crippen LogP contribution < -0.4 is 0 Å². The van der Waals surface area contributed by atoms with E-state index in [-0.39, 0.29) is 25.7 Å². The fourth-order valence-corrected chi connectivity index (χ4v) is 15.3. The Morgan fingerprint density at radius 3 is 0.710 bits per heavy atom. The summed E-state index contributed by atoms with van der Waals surface area (Å²) in [5, 5.41) is 10.7. The number of carbonyl (C=O) groups excluding carboxylic acids is 4. The third-order valence-electron chi connectivity index (χ3n) is 21.1. The number of phosphoric ester groups is 2. The summed E-state index contributed by atoms with van der Waals surface area (Å²) < 4.78 is 68.9. The molecule has 0 saturated carbocycles. The molecule has 0 aromatic carbocycles. The minimum Gasteiger partial charge on any atom is -0.462 e. The molecule has 0 saturated heterocycles. The van der Waals surface area contributed by atoms with Crippen molar-refractivity contribution >= 4 is 39.5 Å². The van der Waals surface area contributed by atoms with Crippen LogP contribution in [-0.2, 0) is 65.4 Å². The largest absolute Gasteiger partial charge is 0.472 e. The van der Waals surface area contributed by atoms with E-state index >= 15 is 0 Å². The molecule has 636 valence electrons. The van der Waals surface area contributed by atoms with Gasteiger partial charge in [-0.2, -0.15) is 0 Å². The molecule has 3 unspecified atom stereocenters. The number of aliphatic hydroxyl groups is 1. The number of esters is 4. The molecule has 3 N–H and O–H groups in total. The van der Waals surface area contributed by atoms with Gasteiger partial charge in [0.2, 0.25) is 0 Å². The Labute approximate surface area is 658 Å². The first kappa shape index (κ1) is 105. The smallest absolute Gasteiger partial charge is 0.462 e. The van der Waals surface area contributed by atoms with Crippen LogP contribution in [0.1, 0.15) is 472 Å². The van der Waals surface area contributed by atoms with Gasteiger partial charge in [-0.15, -0.1) is 0 Å². The lowest BCUT2D eigenvalue weighted by Gasteiger charge is -2.21. The van der Waals surface area contributed by atoms with Crippen LogP contribution in [0.5, 0.6) is 0 Å². The number of carbonyl (C=O) groups is 4. The van der Waals surface area contributed by atoms with Crippen molar-refractivity contribution in [3.8, 4) is 0 Å². The van der Waals surface area contributed by atoms with Gasteiger partial charge in [0.15, 0.2) is 12.2 Å². The fourth-order valence-electron chi connectivity index (χ4n) is 13.7. The third-order valence-corrected chi connectivity index (χ3v) is 23.0. The van der Waals surface area contributed by atoms with E-state index in [9.17, 15) is 43.2 Å². The second-order valence-electron chi connectivity index (χ2n) is 32.4. The van der Waals surface area contributed by atoms with Gasteiger partial charge in [0.25, 0.3) is 0 Å². The maximum absolute atomic E-state index is 13.2. The van der Waals surface area contributed by atoms with E-state index in [4.69, 9.17) is 37.0 Å². The van der Waals surface area contributed by atoms with Crippen molar-refractivity contribution in [3.05, 3.63) is 0 Å². The average molecular weight is 1560 g/mol. The Hall–Kier alpha value is -1.94. The Morgan fingerprint density at radius 2 is 0.477 bits per heavy atom. The van der Waals surface area contributed by atoms with Crippen LogP contribution in [0.25, 0.3) is 0 Å². The van der Waals surface area contributed by atoms with Gasteiger partial charge in [-0.05, 0) is 37.5 Å². The second-order valence-corrected chi connectivity index (χ2v) is 35.3. The van der Waals surface area contributed by atoms with Crippen molar-refractivity contribution in [2.24, 2.45) is 11.8 Å². The van der Waals surface area contributed by atoms with Gasteiger partial charge >= 0.3 is 39.5 Å². The molecule has 0 radical (unpaired) electrons. The van der Waals surface area contributed by atoms with Gasteiger partial charge in [0.1, 0.15) is 19.3 Å². The van der Waals surface area contributed by atoms with Gasteiger partial charge < -0.3 is 33.8 Å². The van der Waals surface area contributed by atoms with Crippen LogP contribution in [-0.4, -0.2) is 96.7 Å². The lowest BCUT2D eigenvalue weighted by molar-refractivity contribution is -0.161. The van der Waals surface area contributed by atoms with Crippen molar-refractivity contribution in [2.45, 2.75) is 490 Å². The number of ether oxygens (including phenoxy) is 4. The van der Waals surface area contributed by atoms with Gasteiger partial charge in [-0.3, -0.25) is 37.3 Å². The van der Waals surface area contributed by atoms with Crippen LogP contribution in [0.2, 0.25) is 0 Å². The molecule has 0 fully saturated rings. The van der Waals surface area contributed by atoms with E-state index in [0.717, 1.165) is 102 Å². The SMILES string of the molecule is CCCCCCCCCCCCCCCCCCCCCCCC(=O)OC[C@H](COP(=O)(O)OC[C@@H](O)COP(=O)(O)OC[C@@H](COC(=O)CCCCCCCCCCCC)OC(=O)CCCCCCCCCCCCCC(C)C)OC(=O)CCCCCCCCCCCCCCCCCCCCC(C)CC. The third kappa shape index (κ3) is 80.5. The summed E-state index contributed by atoms with van der Waals surface area (Å²) in [5.41, 5.74) is 0. The van der Waals surface area contributed by atoms with E-state index in [1.807, 2.05) is 0 Å². The highest BCUT2D eigenvalue weighted by molar-refractivity contribution is 7.47. The fraction of sp³-hybridized carbons (Fsp3) is 0.955. The van der Waals surface area contributed by atoms with E-state index in [1.165, 1.54) is 289 Å². The van der Waals surface area contributed by atoms with Crippen molar-refractivity contribution in [1.82, 2.24) is 0 Å². The summed E-state index contributed by atoms with van der Waals surface area (Å²) in [6, 6.07) is 0. The molecular formula is C88H172O17P2. The van der Waals surface area contributed by atoms with Gasteiger partial charge in [0.05, 0.1) is 26.4 Å². The highest BCUT2D eigenvalue weighted by Gasteiger charge is 2.31. The molecule has 0 aliphatic rings. The molecule has 0 spiro atoms. The van der Waals surface area contributed by atoms with Crippen LogP contribution in [0.4, 0.5) is 0 Å². The Morgan fingerprint density at radius 1 is 0.271 bits per heavy atom. The zero-order valence-corrected chi connectivity index (χ0v) is 72.2. The normalized spacial score (nSPS) is 14.0. The molecule has 0 aliphatic heterocycles. The molecule has 0 aromatic heterocycles. The molecule has 0 aromatic rings. The molecule has 6 atom stereocenters. The topological polar surface area (TPSA) is 237 Å². The second kappa shape index (κ2) is 79.3. The van der Waals surface area contributed by atoms with E-state index < -0.39 is 97.5 Å². The lowest BCUT2D eigenvalue weighted by atomic mass is 9.99. The molecule has 0 heterocycles. The molecule has 0 rings (SSSR count). The summed E-state index contributed by atoms with van der Waals surface area (Å²) in [7, 11) is -9.93. The highest BCUT2D eigenvalue weighted by Crippen LogP contribution is 2.45. The maximum atomic E-state index is 13.2. The Kier molecular flexibility index (Phi) is 77.9. The van der Waals surface area contributed by atoms with E-state index in [2.05, 4.69) is 41.5 Å². The van der Waals surface area contributed by atoms with Crippen molar-refractivity contribution in [3.63, 3.8) is 0 Å². The number of hydrogen-bond acceptors (Lipinski definition) is 15. The van der Waals surface area contributed by atoms with Gasteiger partial charge in [-0.1, -0.05) is 420 Å². The molecule has 107 heavy (non-hydrogen) atoms. The summed E-state index contributed by atoms with van der Waals surface area (Å²) in [4.78, 5) is 73.2. The van der Waals surface area contributed by atoms with Gasteiger partial charge in [-0.25, -0.2) is 9.13 Å². The van der Waals surface area contributed by atoms with Crippen LogP contribution >= 0.6 is 15.6 Å². The number of rotatable bonds is 87. The van der Waals surface area contributed by atoms with Crippen LogP contribution in [0.15, 0.2) is 0 Å². The molecule has 19 heteroatoms. The maximum Gasteiger partial charge on any atom is 0.472 e. The lowest BCUT2D eigenvalue weighted by Crippen LogP contribution is -2.30. The minimum absolute atomic E-state index is 0.107. The summed E-state index contributed by atoms with van der Waals surface area (Å²) in [5.74, 6) is -0.465. The predicted molar refractivity (Wildman–Crippen MR) is 442 cm³/mol. The predicted octanol–water partition coefficient (Wildman–Crippen LogP) is 27.0. The molecule has 0 aliphatic carbocycles. The molecule has 0 amide bonds. The standard InChI is InChI=1S/C88H172O17P2/c1-7-10-12-14-16-18-20-21-22-23-24-25-26-30-33-36-41-47-53-59-65-71-86(91)99-77-84(104-87(92)72-66-60-54-48-42-37-34-31-28-27-29-32-35-40-45-51-57-63-69-81(6)9-3)79-103-107(96,97)101-75-82(89)74-100-106(94,95)102-78-83(76-98-85(90)70-64-58-52-46-19-17-15-13-11-8-2)105-88(93)73-67-61-55-49-43-38-39-44-50-56-62-68-80(4)5/h80-84,89H,7-79H2,1-6H3,(H,94,95)(H,96,97)/t81?,82-,83+,84+/m0/s1. The average Bonchev–Trinajstić information content (AvgIpc) is 0.904.